The van der Waals surface area contributed by atoms with Crippen LogP contribution in [0.5, 0.6) is 0 Å². The minimum Gasteiger partial charge on any atom is -0.337 e. The second-order valence-electron chi connectivity index (χ2n) is 6.93. The number of aryl methyl sites for hydroxylation is 1. The van der Waals surface area contributed by atoms with Gasteiger partial charge in [0.25, 0.3) is 5.91 Å². The number of hydrogen-bond acceptors (Lipinski definition) is 3. The van der Waals surface area contributed by atoms with Crippen molar-refractivity contribution in [3.63, 3.8) is 0 Å². The molecule has 4 nitrogen and oxygen atoms in total. The lowest BCUT2D eigenvalue weighted by Gasteiger charge is -2.30. The predicted molar refractivity (Wildman–Crippen MR) is 108 cm³/mol. The quantitative estimate of drug-likeness (QED) is 0.693. The van der Waals surface area contributed by atoms with Gasteiger partial charge in [-0.25, -0.2) is 4.98 Å². The molecule has 1 aromatic heterocycles. The van der Waals surface area contributed by atoms with Crippen molar-refractivity contribution in [1.29, 1.82) is 0 Å². The Morgan fingerprint density at radius 1 is 1.07 bits per heavy atom. The van der Waals surface area contributed by atoms with E-state index in [2.05, 4.69) is 34.1 Å². The average molecular weight is 357 g/mol. The molecular weight excluding hydrogens is 334 g/mol. The molecule has 0 N–H and O–H groups in total. The van der Waals surface area contributed by atoms with Crippen LogP contribution in [0.2, 0.25) is 0 Å². The van der Waals surface area contributed by atoms with Crippen LogP contribution in [0.15, 0.2) is 72.9 Å². The van der Waals surface area contributed by atoms with Crippen molar-refractivity contribution in [2.24, 2.45) is 0 Å². The third-order valence-corrected chi connectivity index (χ3v) is 4.99. The number of carbonyl (C=O) groups is 1. The maximum absolute atomic E-state index is 12.9. The Bertz CT molecular complexity index is 939. The van der Waals surface area contributed by atoms with Gasteiger partial charge in [-0.3, -0.25) is 4.79 Å². The molecule has 2 heterocycles. The molecule has 1 aliphatic heterocycles. The zero-order valence-corrected chi connectivity index (χ0v) is 15.5. The number of carbonyl (C=O) groups excluding carboxylic acids is 1. The molecule has 0 radical (unpaired) electrons. The highest BCUT2D eigenvalue weighted by atomic mass is 16.2. The third kappa shape index (κ3) is 3.70. The van der Waals surface area contributed by atoms with Crippen molar-refractivity contribution < 1.29 is 4.79 Å². The molecule has 27 heavy (non-hydrogen) atoms. The van der Waals surface area contributed by atoms with Gasteiger partial charge in [0.05, 0.1) is 0 Å². The van der Waals surface area contributed by atoms with E-state index < -0.39 is 0 Å². The molecule has 0 saturated heterocycles. The molecule has 3 aromatic rings. The molecule has 0 saturated carbocycles. The largest absolute Gasteiger partial charge is 0.337 e. The van der Waals surface area contributed by atoms with Crippen molar-refractivity contribution in [3.8, 4) is 0 Å². The molecule has 1 amide bonds. The van der Waals surface area contributed by atoms with Gasteiger partial charge in [0.15, 0.2) is 0 Å². The molecule has 4 rings (SSSR count). The summed E-state index contributed by atoms with van der Waals surface area (Å²) in [6, 6.07) is 22.2. The summed E-state index contributed by atoms with van der Waals surface area (Å²) < 4.78 is 0. The Morgan fingerprint density at radius 3 is 2.70 bits per heavy atom. The van der Waals surface area contributed by atoms with Gasteiger partial charge in [0.2, 0.25) is 0 Å². The fourth-order valence-electron chi connectivity index (χ4n) is 3.62. The summed E-state index contributed by atoms with van der Waals surface area (Å²) in [7, 11) is 1.84. The number of rotatable bonds is 4. The molecule has 0 spiro atoms. The Balaban J connectivity index is 1.57. The highest BCUT2D eigenvalue weighted by Gasteiger charge is 2.20. The second-order valence-corrected chi connectivity index (χ2v) is 6.93. The maximum Gasteiger partial charge on any atom is 0.254 e. The minimum absolute atomic E-state index is 0.00722. The first-order valence-corrected chi connectivity index (χ1v) is 9.33. The molecule has 0 atom stereocenters. The summed E-state index contributed by atoms with van der Waals surface area (Å²) in [6.45, 7) is 1.51. The average Bonchev–Trinajstić information content (AvgIpc) is 2.73. The van der Waals surface area contributed by atoms with Crippen molar-refractivity contribution in [2.45, 2.75) is 19.4 Å². The molecule has 0 bridgehead atoms. The summed E-state index contributed by atoms with van der Waals surface area (Å²) in [4.78, 5) is 21.4. The highest BCUT2D eigenvalue weighted by Crippen LogP contribution is 2.32. The third-order valence-electron chi connectivity index (χ3n) is 4.99. The molecule has 2 aromatic carbocycles. The van der Waals surface area contributed by atoms with Crippen LogP contribution >= 0.6 is 0 Å². The van der Waals surface area contributed by atoms with E-state index >= 15 is 0 Å². The van der Waals surface area contributed by atoms with Gasteiger partial charge in [0, 0.05) is 37.6 Å². The van der Waals surface area contributed by atoms with Crippen molar-refractivity contribution >= 4 is 17.4 Å². The van der Waals surface area contributed by atoms with Crippen LogP contribution in [0.1, 0.15) is 27.9 Å². The zero-order chi connectivity index (χ0) is 18.6. The zero-order valence-electron chi connectivity index (χ0n) is 15.5. The monoisotopic (exact) mass is 357 g/mol. The summed E-state index contributed by atoms with van der Waals surface area (Å²) in [5.41, 5.74) is 4.32. The topological polar surface area (TPSA) is 36.4 Å². The van der Waals surface area contributed by atoms with E-state index in [9.17, 15) is 4.79 Å². The van der Waals surface area contributed by atoms with Gasteiger partial charge >= 0.3 is 0 Å². The van der Waals surface area contributed by atoms with Crippen molar-refractivity contribution in [3.05, 3.63) is 89.6 Å². The van der Waals surface area contributed by atoms with Crippen LogP contribution in [-0.4, -0.2) is 29.4 Å². The van der Waals surface area contributed by atoms with Gasteiger partial charge in [-0.1, -0.05) is 48.5 Å². The first kappa shape index (κ1) is 17.3. The number of nitrogens with zero attached hydrogens (tertiary/aromatic N) is 3. The van der Waals surface area contributed by atoms with E-state index in [1.165, 1.54) is 11.3 Å². The number of benzene rings is 2. The molecule has 4 heteroatoms. The Kier molecular flexibility index (Phi) is 4.88. The number of amides is 1. The fourth-order valence-corrected chi connectivity index (χ4v) is 3.62. The summed E-state index contributed by atoms with van der Waals surface area (Å²) in [6.07, 6.45) is 3.91. The normalized spacial score (nSPS) is 13.1. The standard InChI is InChI=1S/C23H23N3O/c1-25(17-18-8-3-2-4-9-18)23(27)20-13-14-24-22(16-20)26-15-7-11-19-10-5-6-12-21(19)26/h2-6,8-10,12-14,16H,7,11,15,17H2,1H3. The van der Waals surface area contributed by atoms with E-state index in [-0.39, 0.29) is 5.91 Å². The predicted octanol–water partition coefficient (Wildman–Crippen LogP) is 4.44. The number of aromatic nitrogens is 1. The van der Waals surface area contributed by atoms with Crippen LogP contribution < -0.4 is 4.90 Å². The Hall–Kier alpha value is -3.14. The number of anilines is 2. The maximum atomic E-state index is 12.9. The molecule has 0 unspecified atom stereocenters. The lowest BCUT2D eigenvalue weighted by molar-refractivity contribution is 0.0785. The number of pyridine rings is 1. The van der Waals surface area contributed by atoms with E-state index in [4.69, 9.17) is 0 Å². The van der Waals surface area contributed by atoms with Crippen LogP contribution in [0.4, 0.5) is 11.5 Å². The Labute approximate surface area is 160 Å². The number of hydrogen-bond donors (Lipinski definition) is 0. The highest BCUT2D eigenvalue weighted by molar-refractivity contribution is 5.94. The van der Waals surface area contributed by atoms with Crippen molar-refractivity contribution in [1.82, 2.24) is 9.88 Å². The number of para-hydroxylation sites is 1. The lowest BCUT2D eigenvalue weighted by Crippen LogP contribution is -2.28. The molecular formula is C23H23N3O. The smallest absolute Gasteiger partial charge is 0.254 e. The van der Waals surface area contributed by atoms with Gasteiger partial charge in [-0.15, -0.1) is 0 Å². The van der Waals surface area contributed by atoms with Crippen LogP contribution in [0.25, 0.3) is 0 Å². The summed E-state index contributed by atoms with van der Waals surface area (Å²) >= 11 is 0. The minimum atomic E-state index is 0.00722. The fraction of sp³-hybridized carbons (Fsp3) is 0.217. The SMILES string of the molecule is CN(Cc1ccccc1)C(=O)c1ccnc(N2CCCc3ccccc32)c1. The first-order chi connectivity index (χ1) is 13.2. The van der Waals surface area contributed by atoms with Crippen molar-refractivity contribution in [2.75, 3.05) is 18.5 Å². The van der Waals surface area contributed by atoms with E-state index in [1.54, 1.807) is 17.2 Å². The van der Waals surface area contributed by atoms with Crippen LogP contribution in [-0.2, 0) is 13.0 Å². The summed E-state index contributed by atoms with van der Waals surface area (Å²) in [5, 5.41) is 0. The van der Waals surface area contributed by atoms with Crippen LogP contribution in [0.3, 0.4) is 0 Å². The second kappa shape index (κ2) is 7.62. The van der Waals surface area contributed by atoms with E-state index in [0.717, 1.165) is 30.8 Å². The molecule has 0 fully saturated rings. The lowest BCUT2D eigenvalue weighted by atomic mass is 10.0. The van der Waals surface area contributed by atoms with Gasteiger partial charge in [-0.05, 0) is 42.2 Å². The van der Waals surface area contributed by atoms with E-state index in [0.29, 0.717) is 12.1 Å². The molecule has 1 aliphatic rings. The van der Waals surface area contributed by atoms with Gasteiger partial charge in [0.1, 0.15) is 5.82 Å². The summed E-state index contributed by atoms with van der Waals surface area (Å²) in [5.74, 6) is 0.842. The Morgan fingerprint density at radius 2 is 1.85 bits per heavy atom. The molecule has 0 aliphatic carbocycles. The van der Waals surface area contributed by atoms with Gasteiger partial charge < -0.3 is 9.80 Å². The molecule has 136 valence electrons. The van der Waals surface area contributed by atoms with E-state index in [1.807, 2.05) is 43.4 Å². The van der Waals surface area contributed by atoms with Crippen LogP contribution in [0, 0.1) is 0 Å². The van der Waals surface area contributed by atoms with Gasteiger partial charge in [-0.2, -0.15) is 0 Å². The first-order valence-electron chi connectivity index (χ1n) is 9.33. The number of fused-ring (bicyclic) bond motifs is 1.